The number of hydrogen-bond acceptors (Lipinski definition) is 6. The number of nitrogens with one attached hydrogen (secondary N) is 1. The molecule has 0 aromatic heterocycles. The fourth-order valence-electron chi connectivity index (χ4n) is 2.44. The summed E-state index contributed by atoms with van der Waals surface area (Å²) in [7, 11) is 2.76. The van der Waals surface area contributed by atoms with Crippen LogP contribution in [0.5, 0.6) is 11.5 Å². The van der Waals surface area contributed by atoms with Crippen LogP contribution in [0.15, 0.2) is 42.0 Å². The van der Waals surface area contributed by atoms with Crippen LogP contribution in [-0.2, 0) is 11.0 Å². The molecular formula is C19H14F3N3O5. The molecule has 0 unspecified atom stereocenters. The second kappa shape index (κ2) is 8.95. The van der Waals surface area contributed by atoms with E-state index in [1.807, 2.05) is 5.32 Å². The van der Waals surface area contributed by atoms with Crippen molar-refractivity contribution in [3.63, 3.8) is 0 Å². The maximum Gasteiger partial charge on any atom is 0.418 e. The van der Waals surface area contributed by atoms with E-state index in [9.17, 15) is 33.3 Å². The molecule has 0 radical (unpaired) electrons. The van der Waals surface area contributed by atoms with Crippen molar-refractivity contribution in [2.75, 3.05) is 19.5 Å². The van der Waals surface area contributed by atoms with Crippen molar-refractivity contribution < 1.29 is 32.4 Å². The van der Waals surface area contributed by atoms with Crippen LogP contribution in [0.3, 0.4) is 0 Å². The zero-order chi connectivity index (χ0) is 22.5. The van der Waals surface area contributed by atoms with Crippen LogP contribution in [0.25, 0.3) is 6.08 Å². The molecule has 0 aliphatic heterocycles. The zero-order valence-electron chi connectivity index (χ0n) is 15.6. The summed E-state index contributed by atoms with van der Waals surface area (Å²) in [4.78, 5) is 22.2. The number of halogens is 3. The van der Waals surface area contributed by atoms with Gasteiger partial charge < -0.3 is 14.8 Å². The molecule has 0 aliphatic carbocycles. The molecule has 11 heteroatoms. The molecule has 8 nitrogen and oxygen atoms in total. The summed E-state index contributed by atoms with van der Waals surface area (Å²) < 4.78 is 50.0. The molecule has 2 aromatic carbocycles. The Morgan fingerprint density at radius 1 is 1.20 bits per heavy atom. The number of nitro groups is 1. The lowest BCUT2D eigenvalue weighted by Gasteiger charge is -2.13. The van der Waals surface area contributed by atoms with Crippen LogP contribution in [-0.4, -0.2) is 25.1 Å². The van der Waals surface area contributed by atoms with Crippen molar-refractivity contribution in [3.05, 3.63) is 63.2 Å². The molecule has 0 spiro atoms. The number of hydrogen-bond donors (Lipinski definition) is 1. The van der Waals surface area contributed by atoms with Crippen LogP contribution in [0.2, 0.25) is 0 Å². The van der Waals surface area contributed by atoms with Gasteiger partial charge in [0, 0.05) is 17.7 Å². The molecule has 30 heavy (non-hydrogen) atoms. The van der Waals surface area contributed by atoms with E-state index < -0.39 is 39.5 Å². The predicted molar refractivity (Wildman–Crippen MR) is 99.9 cm³/mol. The van der Waals surface area contributed by atoms with Gasteiger partial charge in [-0.1, -0.05) is 0 Å². The highest BCUT2D eigenvalue weighted by molar-refractivity contribution is 6.10. The molecule has 2 aromatic rings. The Bertz CT molecular complexity index is 1060. The normalized spacial score (nSPS) is 11.4. The summed E-state index contributed by atoms with van der Waals surface area (Å²) in [5, 5.41) is 22.0. The predicted octanol–water partition coefficient (Wildman–Crippen LogP) is 4.18. The first-order chi connectivity index (χ1) is 14.1. The lowest BCUT2D eigenvalue weighted by molar-refractivity contribution is -0.385. The van der Waals surface area contributed by atoms with E-state index in [4.69, 9.17) is 9.47 Å². The van der Waals surface area contributed by atoms with E-state index in [-0.39, 0.29) is 5.56 Å². The number of carbonyl (C=O) groups is 1. The number of anilines is 1. The Kier molecular flexibility index (Phi) is 6.63. The van der Waals surface area contributed by atoms with Gasteiger partial charge >= 0.3 is 6.18 Å². The number of amides is 1. The number of alkyl halides is 3. The van der Waals surface area contributed by atoms with Crippen LogP contribution < -0.4 is 14.8 Å². The van der Waals surface area contributed by atoms with Crippen molar-refractivity contribution in [2.24, 2.45) is 0 Å². The maximum atomic E-state index is 13.3. The van der Waals surface area contributed by atoms with E-state index in [2.05, 4.69) is 0 Å². The van der Waals surface area contributed by atoms with Crippen molar-refractivity contribution in [2.45, 2.75) is 6.18 Å². The van der Waals surface area contributed by atoms with E-state index in [0.29, 0.717) is 17.6 Å². The second-order valence-electron chi connectivity index (χ2n) is 5.72. The van der Waals surface area contributed by atoms with Crippen molar-refractivity contribution in [3.8, 4) is 17.6 Å². The van der Waals surface area contributed by atoms with Gasteiger partial charge in [-0.15, -0.1) is 0 Å². The van der Waals surface area contributed by atoms with Gasteiger partial charge in [0.2, 0.25) is 0 Å². The third kappa shape index (κ3) is 5.05. The van der Waals surface area contributed by atoms with Gasteiger partial charge in [0.1, 0.15) is 23.1 Å². The molecule has 2 rings (SSSR count). The monoisotopic (exact) mass is 421 g/mol. The SMILES string of the molecule is COc1ccc(OC)c(C=C(C#N)C(=O)Nc2ccc([N+](=O)[O-])cc2C(F)(F)F)c1. The van der Waals surface area contributed by atoms with Gasteiger partial charge in [-0.3, -0.25) is 14.9 Å². The molecule has 0 atom stereocenters. The number of benzene rings is 2. The molecule has 0 bridgehead atoms. The molecule has 156 valence electrons. The summed E-state index contributed by atoms with van der Waals surface area (Å²) in [6.45, 7) is 0. The Labute approximate surface area is 168 Å². The minimum absolute atomic E-state index is 0.281. The number of rotatable bonds is 6. The lowest BCUT2D eigenvalue weighted by atomic mass is 10.1. The smallest absolute Gasteiger partial charge is 0.418 e. The lowest BCUT2D eigenvalue weighted by Crippen LogP contribution is -2.18. The van der Waals surface area contributed by atoms with E-state index >= 15 is 0 Å². The number of methoxy groups -OCH3 is 2. The Balaban J connectivity index is 2.45. The maximum absolute atomic E-state index is 13.3. The summed E-state index contributed by atoms with van der Waals surface area (Å²) in [5.41, 5.74) is -3.17. The standard InChI is InChI=1S/C19H14F3N3O5/c1-29-14-4-6-17(30-2)11(8-14)7-12(10-23)18(26)24-16-5-3-13(25(27)28)9-15(16)19(20,21)22/h3-9H,1-2H3,(H,24,26). The van der Waals surface area contributed by atoms with Crippen LogP contribution >= 0.6 is 0 Å². The minimum atomic E-state index is -4.97. The number of nitro benzene ring substituents is 1. The molecule has 0 heterocycles. The summed E-state index contributed by atoms with van der Waals surface area (Å²) in [5.74, 6) is -0.445. The largest absolute Gasteiger partial charge is 0.497 e. The average Bonchev–Trinajstić information content (AvgIpc) is 2.70. The molecule has 0 saturated heterocycles. The fourth-order valence-corrected chi connectivity index (χ4v) is 2.44. The van der Waals surface area contributed by atoms with Gasteiger partial charge in [0.25, 0.3) is 11.6 Å². The molecule has 1 amide bonds. The van der Waals surface area contributed by atoms with Crippen LogP contribution in [0, 0.1) is 21.4 Å². The average molecular weight is 421 g/mol. The summed E-state index contributed by atoms with van der Waals surface area (Å²) in [6, 6.07) is 8.04. The minimum Gasteiger partial charge on any atom is -0.497 e. The Hall–Kier alpha value is -4.07. The van der Waals surface area contributed by atoms with E-state index in [1.54, 1.807) is 12.1 Å². The third-order valence-corrected chi connectivity index (χ3v) is 3.87. The quantitative estimate of drug-likeness (QED) is 0.324. The van der Waals surface area contributed by atoms with Gasteiger partial charge in [-0.25, -0.2) is 0 Å². The molecular weight excluding hydrogens is 407 g/mol. The first-order valence-corrected chi connectivity index (χ1v) is 8.11. The summed E-state index contributed by atoms with van der Waals surface area (Å²) >= 11 is 0. The number of ether oxygens (including phenoxy) is 2. The highest BCUT2D eigenvalue weighted by Gasteiger charge is 2.35. The van der Waals surface area contributed by atoms with Crippen LogP contribution in [0.1, 0.15) is 11.1 Å². The number of nitrogens with zero attached hydrogens (tertiary/aromatic N) is 2. The molecule has 0 saturated carbocycles. The zero-order valence-corrected chi connectivity index (χ0v) is 15.6. The second-order valence-corrected chi connectivity index (χ2v) is 5.72. The Morgan fingerprint density at radius 2 is 1.90 bits per heavy atom. The van der Waals surface area contributed by atoms with Crippen molar-refractivity contribution in [1.29, 1.82) is 5.26 Å². The first-order valence-electron chi connectivity index (χ1n) is 8.11. The fraction of sp³-hybridized carbons (Fsp3) is 0.158. The number of non-ortho nitro benzene ring substituents is 1. The first kappa shape index (κ1) is 22.2. The van der Waals surface area contributed by atoms with Gasteiger partial charge in [0.15, 0.2) is 0 Å². The number of nitriles is 1. The molecule has 1 N–H and O–H groups in total. The van der Waals surface area contributed by atoms with Gasteiger partial charge in [0.05, 0.1) is 30.4 Å². The van der Waals surface area contributed by atoms with E-state index in [0.717, 1.165) is 18.2 Å². The molecule has 0 fully saturated rings. The highest BCUT2D eigenvalue weighted by atomic mass is 19.4. The van der Waals surface area contributed by atoms with Gasteiger partial charge in [-0.2, -0.15) is 18.4 Å². The van der Waals surface area contributed by atoms with Crippen molar-refractivity contribution in [1.82, 2.24) is 0 Å². The Morgan fingerprint density at radius 3 is 2.43 bits per heavy atom. The van der Waals surface area contributed by atoms with E-state index in [1.165, 1.54) is 26.4 Å². The number of carbonyl (C=O) groups excluding carboxylic acids is 1. The van der Waals surface area contributed by atoms with Crippen molar-refractivity contribution >= 4 is 23.4 Å². The molecule has 0 aliphatic rings. The highest BCUT2D eigenvalue weighted by Crippen LogP contribution is 2.37. The van der Waals surface area contributed by atoms with Gasteiger partial charge in [-0.05, 0) is 30.3 Å². The third-order valence-electron chi connectivity index (χ3n) is 3.87. The summed E-state index contributed by atoms with van der Waals surface area (Å²) in [6.07, 6.45) is -3.85. The topological polar surface area (TPSA) is 114 Å². The van der Waals surface area contributed by atoms with Crippen LogP contribution in [0.4, 0.5) is 24.5 Å².